The monoisotopic (exact) mass is 438 g/mol. The Morgan fingerprint density at radius 1 is 1.06 bits per heavy atom. The first kappa shape index (κ1) is 20.8. The minimum absolute atomic E-state index is 0.0278. The number of carbonyl (C=O) groups is 1. The van der Waals surface area contributed by atoms with Crippen LogP contribution < -0.4 is 4.74 Å². The number of ether oxygens (including phenoxy) is 1. The molecule has 4 rings (SSSR count). The van der Waals surface area contributed by atoms with Crippen LogP contribution in [0, 0.1) is 0 Å². The second kappa shape index (κ2) is 9.57. The molecule has 3 heterocycles. The van der Waals surface area contributed by atoms with Crippen LogP contribution in [0.3, 0.4) is 0 Å². The Hall–Kier alpha value is -3.46. The predicted octanol–water partition coefficient (Wildman–Crippen LogP) is 3.94. The highest BCUT2D eigenvalue weighted by molar-refractivity contribution is 7.99. The fourth-order valence-corrected chi connectivity index (χ4v) is 3.89. The van der Waals surface area contributed by atoms with Crippen molar-refractivity contribution < 1.29 is 18.4 Å². The molecule has 3 aromatic heterocycles. The van der Waals surface area contributed by atoms with E-state index in [1.54, 1.807) is 37.7 Å². The third kappa shape index (κ3) is 5.00. The van der Waals surface area contributed by atoms with Gasteiger partial charge >= 0.3 is 0 Å². The number of carbonyl (C=O) groups excluding carboxylic acids is 1. The number of hydrogen-bond acceptors (Lipinski definition) is 7. The molecule has 0 aliphatic carbocycles. The Morgan fingerprint density at radius 3 is 2.42 bits per heavy atom. The first-order chi connectivity index (χ1) is 15.1. The second-order valence-electron chi connectivity index (χ2n) is 6.82. The van der Waals surface area contributed by atoms with E-state index in [4.69, 9.17) is 13.6 Å². The summed E-state index contributed by atoms with van der Waals surface area (Å²) >= 11 is 1.34. The molecule has 0 radical (unpaired) electrons. The van der Waals surface area contributed by atoms with E-state index in [1.165, 1.54) is 11.8 Å². The molecule has 1 aromatic carbocycles. The van der Waals surface area contributed by atoms with Crippen molar-refractivity contribution in [2.75, 3.05) is 19.9 Å². The molecule has 0 spiro atoms. The standard InChI is InChI=1S/C22H22N4O4S/c1-25(13-18-5-3-11-29-18)20(27)15-31-22-24-23-21(16-7-9-17(28-2)10-8-16)26(22)14-19-6-4-12-30-19/h3-12H,13-15H2,1-2H3. The summed E-state index contributed by atoms with van der Waals surface area (Å²) < 4.78 is 18.0. The third-order valence-electron chi connectivity index (χ3n) is 4.68. The molecule has 4 aromatic rings. The molecule has 0 aliphatic heterocycles. The average Bonchev–Trinajstić information content (AvgIpc) is 3.55. The SMILES string of the molecule is COc1ccc(-c2nnc(SCC(=O)N(C)Cc3ccco3)n2Cc2ccco2)cc1. The van der Waals surface area contributed by atoms with E-state index in [0.29, 0.717) is 24.1 Å². The topological polar surface area (TPSA) is 86.5 Å². The zero-order chi connectivity index (χ0) is 21.6. The van der Waals surface area contributed by atoms with Crippen molar-refractivity contribution in [2.45, 2.75) is 18.2 Å². The number of nitrogens with zero attached hydrogens (tertiary/aromatic N) is 4. The van der Waals surface area contributed by atoms with Gasteiger partial charge < -0.3 is 18.5 Å². The average molecular weight is 439 g/mol. The lowest BCUT2D eigenvalue weighted by Crippen LogP contribution is -2.27. The Kier molecular flexibility index (Phi) is 6.42. The van der Waals surface area contributed by atoms with Crippen LogP contribution in [0.5, 0.6) is 5.75 Å². The molecule has 0 unspecified atom stereocenters. The number of aromatic nitrogens is 3. The van der Waals surface area contributed by atoms with Gasteiger partial charge in [0.1, 0.15) is 17.3 Å². The van der Waals surface area contributed by atoms with Gasteiger partial charge in [-0.1, -0.05) is 11.8 Å². The fourth-order valence-electron chi connectivity index (χ4n) is 3.01. The number of thioether (sulfide) groups is 1. The summed E-state index contributed by atoms with van der Waals surface area (Å²) in [5.41, 5.74) is 0.896. The Morgan fingerprint density at radius 2 is 1.77 bits per heavy atom. The van der Waals surface area contributed by atoms with Gasteiger partial charge in [-0.15, -0.1) is 10.2 Å². The van der Waals surface area contributed by atoms with Crippen molar-refractivity contribution in [2.24, 2.45) is 0 Å². The van der Waals surface area contributed by atoms with E-state index >= 15 is 0 Å². The van der Waals surface area contributed by atoms with E-state index < -0.39 is 0 Å². The van der Waals surface area contributed by atoms with E-state index in [2.05, 4.69) is 10.2 Å². The highest BCUT2D eigenvalue weighted by Gasteiger charge is 2.18. The van der Waals surface area contributed by atoms with Gasteiger partial charge in [0, 0.05) is 12.6 Å². The maximum Gasteiger partial charge on any atom is 0.233 e. The molecule has 0 aliphatic rings. The fraction of sp³-hybridized carbons (Fsp3) is 0.227. The lowest BCUT2D eigenvalue weighted by molar-refractivity contribution is -0.127. The molecule has 0 fully saturated rings. The van der Waals surface area contributed by atoms with Gasteiger partial charge in [-0.3, -0.25) is 9.36 Å². The highest BCUT2D eigenvalue weighted by atomic mass is 32.2. The molecule has 160 valence electrons. The number of furan rings is 2. The molecule has 0 atom stereocenters. The molecule has 0 saturated carbocycles. The van der Waals surface area contributed by atoms with Crippen LogP contribution in [0.15, 0.2) is 75.0 Å². The Balaban J connectivity index is 1.52. The summed E-state index contributed by atoms with van der Waals surface area (Å²) in [5.74, 6) is 3.18. The zero-order valence-electron chi connectivity index (χ0n) is 17.2. The minimum Gasteiger partial charge on any atom is -0.497 e. The van der Waals surface area contributed by atoms with Crippen LogP contribution >= 0.6 is 11.8 Å². The van der Waals surface area contributed by atoms with Crippen molar-refractivity contribution in [3.05, 3.63) is 72.6 Å². The summed E-state index contributed by atoms with van der Waals surface area (Å²) in [6.07, 6.45) is 3.23. The molecule has 1 amide bonds. The van der Waals surface area contributed by atoms with Crippen LogP contribution in [0.25, 0.3) is 11.4 Å². The lowest BCUT2D eigenvalue weighted by Gasteiger charge is -2.15. The Labute approximate surface area is 183 Å². The van der Waals surface area contributed by atoms with Gasteiger partial charge in [-0.05, 0) is 48.5 Å². The maximum absolute atomic E-state index is 12.6. The number of methoxy groups -OCH3 is 1. The van der Waals surface area contributed by atoms with E-state index in [-0.39, 0.29) is 11.7 Å². The largest absolute Gasteiger partial charge is 0.497 e. The lowest BCUT2D eigenvalue weighted by atomic mass is 10.2. The van der Waals surface area contributed by atoms with E-state index in [1.807, 2.05) is 47.0 Å². The van der Waals surface area contributed by atoms with Crippen LogP contribution in [-0.2, 0) is 17.9 Å². The van der Waals surface area contributed by atoms with Crippen molar-refractivity contribution >= 4 is 17.7 Å². The quantitative estimate of drug-likeness (QED) is 0.366. The second-order valence-corrected chi connectivity index (χ2v) is 7.76. The van der Waals surface area contributed by atoms with Crippen LogP contribution in [0.2, 0.25) is 0 Å². The molecular weight excluding hydrogens is 416 g/mol. The molecular formula is C22H22N4O4S. The summed E-state index contributed by atoms with van der Waals surface area (Å²) in [6.45, 7) is 0.878. The third-order valence-corrected chi connectivity index (χ3v) is 5.63. The number of hydrogen-bond donors (Lipinski definition) is 0. The van der Waals surface area contributed by atoms with Gasteiger partial charge in [0.15, 0.2) is 11.0 Å². The maximum atomic E-state index is 12.6. The van der Waals surface area contributed by atoms with Gasteiger partial charge in [-0.2, -0.15) is 0 Å². The van der Waals surface area contributed by atoms with E-state index in [0.717, 1.165) is 22.8 Å². The van der Waals surface area contributed by atoms with Crippen molar-refractivity contribution in [1.82, 2.24) is 19.7 Å². The Bertz CT molecular complexity index is 1110. The molecule has 0 N–H and O–H groups in total. The highest BCUT2D eigenvalue weighted by Crippen LogP contribution is 2.27. The van der Waals surface area contributed by atoms with Gasteiger partial charge in [0.05, 0.1) is 38.5 Å². The van der Waals surface area contributed by atoms with Crippen LogP contribution in [0.1, 0.15) is 11.5 Å². The first-order valence-electron chi connectivity index (χ1n) is 9.63. The van der Waals surface area contributed by atoms with Gasteiger partial charge in [0.25, 0.3) is 0 Å². The van der Waals surface area contributed by atoms with Gasteiger partial charge in [0.2, 0.25) is 5.91 Å². The van der Waals surface area contributed by atoms with Crippen molar-refractivity contribution in [1.29, 1.82) is 0 Å². The summed E-state index contributed by atoms with van der Waals surface area (Å²) in [4.78, 5) is 14.2. The molecule has 0 saturated heterocycles. The molecule has 0 bridgehead atoms. The predicted molar refractivity (Wildman–Crippen MR) is 116 cm³/mol. The number of benzene rings is 1. The number of amides is 1. The molecule has 9 heteroatoms. The summed E-state index contributed by atoms with van der Waals surface area (Å²) in [6, 6.07) is 15.0. The number of rotatable bonds is 9. The van der Waals surface area contributed by atoms with Crippen molar-refractivity contribution in [3.63, 3.8) is 0 Å². The molecule has 8 nitrogen and oxygen atoms in total. The summed E-state index contributed by atoms with van der Waals surface area (Å²) in [7, 11) is 3.38. The minimum atomic E-state index is -0.0278. The first-order valence-corrected chi connectivity index (χ1v) is 10.6. The van der Waals surface area contributed by atoms with Crippen LogP contribution in [0.4, 0.5) is 0 Å². The summed E-state index contributed by atoms with van der Waals surface area (Å²) in [5, 5.41) is 9.35. The molecule has 31 heavy (non-hydrogen) atoms. The van der Waals surface area contributed by atoms with E-state index in [9.17, 15) is 4.79 Å². The van der Waals surface area contributed by atoms with Gasteiger partial charge in [-0.25, -0.2) is 0 Å². The zero-order valence-corrected chi connectivity index (χ0v) is 18.0. The van der Waals surface area contributed by atoms with Crippen LogP contribution in [-0.4, -0.2) is 45.5 Å². The van der Waals surface area contributed by atoms with Crippen molar-refractivity contribution in [3.8, 4) is 17.1 Å². The smallest absolute Gasteiger partial charge is 0.233 e. The normalized spacial score (nSPS) is 10.9.